The van der Waals surface area contributed by atoms with Crippen LogP contribution in [0.1, 0.15) is 23.3 Å². The number of aromatic nitrogens is 1. The topological polar surface area (TPSA) is 80.3 Å². The van der Waals surface area contributed by atoms with E-state index in [0.29, 0.717) is 22.2 Å². The van der Waals surface area contributed by atoms with Crippen LogP contribution in [0.25, 0.3) is 0 Å². The van der Waals surface area contributed by atoms with Gasteiger partial charge in [-0.1, -0.05) is 46.4 Å². The molecule has 138 valence electrons. The van der Waals surface area contributed by atoms with Crippen LogP contribution in [0.4, 0.5) is 0 Å². The number of nitrogens with one attached hydrogen (secondary N) is 2. The largest absolute Gasteiger partial charge is 0.492 e. The number of hydrazine groups is 1. The summed E-state index contributed by atoms with van der Waals surface area (Å²) >= 11 is 23.3. The van der Waals surface area contributed by atoms with Gasteiger partial charge in [-0.3, -0.25) is 20.4 Å². The molecule has 0 aliphatic heterocycles. The molecule has 0 atom stereocenters. The second-order valence-electron chi connectivity index (χ2n) is 4.99. The molecule has 2 aromatic rings. The van der Waals surface area contributed by atoms with E-state index in [-0.39, 0.29) is 28.9 Å². The third kappa shape index (κ3) is 6.21. The summed E-state index contributed by atoms with van der Waals surface area (Å²) in [4.78, 5) is 27.5. The first kappa shape index (κ1) is 20.6. The number of pyridine rings is 1. The molecule has 0 fully saturated rings. The number of hydrogen-bond acceptors (Lipinski definition) is 4. The molecule has 26 heavy (non-hydrogen) atoms. The molecule has 0 spiro atoms. The highest BCUT2D eigenvalue weighted by Crippen LogP contribution is 2.27. The highest BCUT2D eigenvalue weighted by molar-refractivity contribution is 6.35. The summed E-state index contributed by atoms with van der Waals surface area (Å²) in [5, 5.41) is 1.13. The maximum atomic E-state index is 11.9. The van der Waals surface area contributed by atoms with Crippen LogP contribution in [0, 0.1) is 0 Å². The van der Waals surface area contributed by atoms with Crippen LogP contribution in [0.15, 0.2) is 30.3 Å². The number of nitrogens with zero attached hydrogens (tertiary/aromatic N) is 1. The Bertz CT molecular complexity index is 817. The normalized spacial score (nSPS) is 10.3. The third-order valence-corrected chi connectivity index (χ3v) is 4.09. The van der Waals surface area contributed by atoms with Crippen molar-refractivity contribution in [2.24, 2.45) is 0 Å². The van der Waals surface area contributed by atoms with Crippen LogP contribution in [-0.2, 0) is 4.79 Å². The van der Waals surface area contributed by atoms with Crippen molar-refractivity contribution in [1.82, 2.24) is 15.8 Å². The fraction of sp³-hybridized carbons (Fsp3) is 0.188. The van der Waals surface area contributed by atoms with Gasteiger partial charge in [-0.2, -0.15) is 0 Å². The summed E-state index contributed by atoms with van der Waals surface area (Å²) in [7, 11) is 0. The molecule has 0 saturated heterocycles. The van der Waals surface area contributed by atoms with E-state index in [4.69, 9.17) is 51.1 Å². The lowest BCUT2D eigenvalue weighted by atomic mass is 10.3. The molecular weight excluding hydrogens is 424 g/mol. The van der Waals surface area contributed by atoms with E-state index in [2.05, 4.69) is 15.8 Å². The Balaban J connectivity index is 1.72. The SMILES string of the molecule is O=C(CCCOc1ccc(Cl)cc1Cl)NNC(=O)c1nc(Cl)ccc1Cl. The molecule has 2 amide bonds. The van der Waals surface area contributed by atoms with Crippen molar-refractivity contribution in [1.29, 1.82) is 0 Å². The molecular formula is C16H13Cl4N3O3. The number of hydrogen-bond donors (Lipinski definition) is 2. The van der Waals surface area contributed by atoms with Gasteiger partial charge in [0.1, 0.15) is 16.6 Å². The zero-order chi connectivity index (χ0) is 19.1. The smallest absolute Gasteiger partial charge is 0.289 e. The van der Waals surface area contributed by atoms with Gasteiger partial charge in [0.15, 0.2) is 0 Å². The van der Waals surface area contributed by atoms with Gasteiger partial charge in [0.25, 0.3) is 5.91 Å². The number of halogens is 4. The lowest BCUT2D eigenvalue weighted by molar-refractivity contribution is -0.122. The van der Waals surface area contributed by atoms with E-state index < -0.39 is 11.8 Å². The molecule has 10 heteroatoms. The molecule has 1 heterocycles. The number of carbonyl (C=O) groups is 2. The van der Waals surface area contributed by atoms with Crippen molar-refractivity contribution >= 4 is 58.2 Å². The molecule has 1 aromatic heterocycles. The first-order chi connectivity index (χ1) is 12.4. The fourth-order valence-corrected chi connectivity index (χ4v) is 2.63. The average Bonchev–Trinajstić information content (AvgIpc) is 2.60. The van der Waals surface area contributed by atoms with Crippen LogP contribution in [0.3, 0.4) is 0 Å². The van der Waals surface area contributed by atoms with Crippen molar-refractivity contribution in [2.45, 2.75) is 12.8 Å². The van der Waals surface area contributed by atoms with Crippen molar-refractivity contribution in [3.05, 3.63) is 56.2 Å². The highest BCUT2D eigenvalue weighted by Gasteiger charge is 2.13. The lowest BCUT2D eigenvalue weighted by Gasteiger charge is -2.09. The molecule has 0 aliphatic carbocycles. The van der Waals surface area contributed by atoms with E-state index in [9.17, 15) is 9.59 Å². The van der Waals surface area contributed by atoms with E-state index >= 15 is 0 Å². The maximum Gasteiger partial charge on any atom is 0.289 e. The van der Waals surface area contributed by atoms with Gasteiger partial charge in [-0.25, -0.2) is 4.98 Å². The van der Waals surface area contributed by atoms with Crippen LogP contribution in [-0.4, -0.2) is 23.4 Å². The summed E-state index contributed by atoms with van der Waals surface area (Å²) < 4.78 is 5.47. The van der Waals surface area contributed by atoms with E-state index in [0.717, 1.165) is 0 Å². The van der Waals surface area contributed by atoms with Gasteiger partial charge >= 0.3 is 0 Å². The number of rotatable bonds is 6. The Labute approximate surface area is 169 Å². The van der Waals surface area contributed by atoms with E-state index in [1.165, 1.54) is 12.1 Å². The summed E-state index contributed by atoms with van der Waals surface area (Å²) in [6.45, 7) is 0.268. The molecule has 0 aliphatic rings. The van der Waals surface area contributed by atoms with Crippen molar-refractivity contribution in [2.75, 3.05) is 6.61 Å². The lowest BCUT2D eigenvalue weighted by Crippen LogP contribution is -2.42. The van der Waals surface area contributed by atoms with Crippen LogP contribution < -0.4 is 15.6 Å². The van der Waals surface area contributed by atoms with Gasteiger partial charge in [-0.05, 0) is 36.8 Å². The molecule has 0 unspecified atom stereocenters. The number of benzene rings is 1. The van der Waals surface area contributed by atoms with Crippen molar-refractivity contribution < 1.29 is 14.3 Å². The second kappa shape index (κ2) is 9.83. The maximum absolute atomic E-state index is 11.9. The highest BCUT2D eigenvalue weighted by atomic mass is 35.5. The van der Waals surface area contributed by atoms with Gasteiger partial charge in [0, 0.05) is 11.4 Å². The summed E-state index contributed by atoms with van der Waals surface area (Å²) in [6.07, 6.45) is 0.541. The minimum Gasteiger partial charge on any atom is -0.492 e. The zero-order valence-corrected chi connectivity index (χ0v) is 16.2. The minimum atomic E-state index is -0.671. The van der Waals surface area contributed by atoms with Crippen LogP contribution >= 0.6 is 46.4 Å². The van der Waals surface area contributed by atoms with Crippen molar-refractivity contribution in [3.63, 3.8) is 0 Å². The van der Waals surface area contributed by atoms with Gasteiger partial charge in [-0.15, -0.1) is 0 Å². The first-order valence-electron chi connectivity index (χ1n) is 7.36. The Morgan fingerprint density at radius 2 is 1.77 bits per heavy atom. The molecule has 2 rings (SSSR count). The third-order valence-electron chi connectivity index (χ3n) is 3.04. The number of carbonyl (C=O) groups excluding carboxylic acids is 2. The predicted octanol–water partition coefficient (Wildman–Crippen LogP) is 4.32. The molecule has 1 aromatic carbocycles. The van der Waals surface area contributed by atoms with Crippen LogP contribution in [0.5, 0.6) is 5.75 Å². The Kier molecular flexibility index (Phi) is 7.78. The molecule has 0 radical (unpaired) electrons. The predicted molar refractivity (Wildman–Crippen MR) is 101 cm³/mol. The zero-order valence-electron chi connectivity index (χ0n) is 13.2. The standard InChI is InChI=1S/C16H13Cl4N3O3/c17-9-3-5-12(11(19)8-9)26-7-1-2-14(24)22-23-16(25)15-10(18)4-6-13(20)21-15/h3-6,8H,1-2,7H2,(H,22,24)(H,23,25). The summed E-state index contributed by atoms with van der Waals surface area (Å²) in [6, 6.07) is 7.75. The Morgan fingerprint density at radius 1 is 1.00 bits per heavy atom. The van der Waals surface area contributed by atoms with Gasteiger partial charge < -0.3 is 4.74 Å². The molecule has 0 bridgehead atoms. The van der Waals surface area contributed by atoms with Crippen LogP contribution in [0.2, 0.25) is 20.2 Å². The summed E-state index contributed by atoms with van der Waals surface area (Å²) in [5.41, 5.74) is 4.40. The molecule has 0 saturated carbocycles. The first-order valence-corrected chi connectivity index (χ1v) is 8.87. The summed E-state index contributed by atoms with van der Waals surface area (Å²) in [5.74, 6) is -0.594. The monoisotopic (exact) mass is 435 g/mol. The number of ether oxygens (including phenoxy) is 1. The minimum absolute atomic E-state index is 0.0832. The van der Waals surface area contributed by atoms with Gasteiger partial charge in [0.05, 0.1) is 16.7 Å². The Morgan fingerprint density at radius 3 is 2.50 bits per heavy atom. The van der Waals surface area contributed by atoms with E-state index in [1.54, 1.807) is 18.2 Å². The molecule has 6 nitrogen and oxygen atoms in total. The average molecular weight is 437 g/mol. The van der Waals surface area contributed by atoms with Crippen molar-refractivity contribution in [3.8, 4) is 5.75 Å². The number of amides is 2. The van der Waals surface area contributed by atoms with E-state index in [1.807, 2.05) is 0 Å². The quantitative estimate of drug-likeness (QED) is 0.401. The van der Waals surface area contributed by atoms with Gasteiger partial charge in [0.2, 0.25) is 5.91 Å². The second-order valence-corrected chi connectivity index (χ2v) is 6.63. The molecule has 2 N–H and O–H groups in total. The Hall–Kier alpha value is -1.73. The fourth-order valence-electron chi connectivity index (χ4n) is 1.83.